The van der Waals surface area contributed by atoms with E-state index >= 15 is 0 Å². The lowest BCUT2D eigenvalue weighted by Crippen LogP contribution is -2.44. The predicted molar refractivity (Wildman–Crippen MR) is 130 cm³/mol. The molecule has 8 heteroatoms. The van der Waals surface area contributed by atoms with Crippen molar-refractivity contribution >= 4 is 29.1 Å². The molecule has 0 fully saturated rings. The average Bonchev–Trinajstić information content (AvgIpc) is 3.13. The molecule has 32 heavy (non-hydrogen) atoms. The highest BCUT2D eigenvalue weighted by Crippen LogP contribution is 2.34. The van der Waals surface area contributed by atoms with E-state index in [0.717, 1.165) is 38.9 Å². The lowest BCUT2D eigenvalue weighted by Gasteiger charge is -2.33. The number of rotatable bonds is 7. The van der Waals surface area contributed by atoms with E-state index in [4.69, 9.17) is 9.97 Å². The topological polar surface area (TPSA) is 91.2 Å². The Hall–Kier alpha value is -3.00. The Morgan fingerprint density at radius 1 is 1.19 bits per heavy atom. The first kappa shape index (κ1) is 23.7. The van der Waals surface area contributed by atoms with Crippen molar-refractivity contribution in [3.05, 3.63) is 52.8 Å². The van der Waals surface area contributed by atoms with Gasteiger partial charge in [0.15, 0.2) is 0 Å². The minimum absolute atomic E-state index is 0.328. The van der Waals surface area contributed by atoms with Gasteiger partial charge in [0.05, 0.1) is 21.3 Å². The molecule has 0 bridgehead atoms. The van der Waals surface area contributed by atoms with Gasteiger partial charge in [-0.05, 0) is 63.8 Å². The van der Waals surface area contributed by atoms with Crippen molar-refractivity contribution in [2.24, 2.45) is 0 Å². The molecule has 2 aromatic heterocycles. The summed E-state index contributed by atoms with van der Waals surface area (Å²) in [4.78, 5) is 27.9. The van der Waals surface area contributed by atoms with Crippen LogP contribution in [-0.4, -0.2) is 36.6 Å². The molecule has 3 rings (SSSR count). The summed E-state index contributed by atoms with van der Waals surface area (Å²) in [5.41, 5.74) is 3.24. The molecular weight excluding hydrogens is 422 g/mol. The second kappa shape index (κ2) is 9.65. The fourth-order valence-electron chi connectivity index (χ4n) is 3.30. The van der Waals surface area contributed by atoms with Gasteiger partial charge in [-0.3, -0.25) is 4.90 Å². The number of nitrogens with zero attached hydrogens (tertiary/aromatic N) is 4. The van der Waals surface area contributed by atoms with Gasteiger partial charge in [-0.1, -0.05) is 26.0 Å². The maximum Gasteiger partial charge on any atom is 0.408 e. The van der Waals surface area contributed by atoms with Gasteiger partial charge in [0, 0.05) is 24.0 Å². The zero-order valence-corrected chi connectivity index (χ0v) is 20.3. The third-order valence-corrected chi connectivity index (χ3v) is 6.33. The van der Waals surface area contributed by atoms with Crippen LogP contribution in [0.2, 0.25) is 0 Å². The first-order valence-corrected chi connectivity index (χ1v) is 11.6. The first-order valence-electron chi connectivity index (χ1n) is 10.8. The van der Waals surface area contributed by atoms with Gasteiger partial charge in [0.2, 0.25) is 5.95 Å². The van der Waals surface area contributed by atoms with E-state index in [-0.39, 0.29) is 0 Å². The lowest BCUT2D eigenvalue weighted by atomic mass is 10.0. The summed E-state index contributed by atoms with van der Waals surface area (Å²) >= 11 is 1.66. The summed E-state index contributed by atoms with van der Waals surface area (Å²) in [5.74, 6) is 0.880. The Bertz CT molecular complexity index is 1070. The molecule has 7 nitrogen and oxygen atoms in total. The Kier molecular flexibility index (Phi) is 7.13. The molecule has 3 aromatic rings. The lowest BCUT2D eigenvalue weighted by molar-refractivity contribution is 0.0955. The van der Waals surface area contributed by atoms with Crippen LogP contribution in [0, 0.1) is 6.92 Å². The fourth-order valence-corrected chi connectivity index (χ4v) is 4.31. The normalized spacial score (nSPS) is 12.4. The molecule has 0 radical (unpaired) electrons. The molecule has 170 valence electrons. The molecule has 2 N–H and O–H groups in total. The van der Waals surface area contributed by atoms with Crippen molar-refractivity contribution in [1.82, 2.24) is 19.9 Å². The van der Waals surface area contributed by atoms with E-state index in [9.17, 15) is 9.90 Å². The number of carboxylic acid groups (broad SMARTS) is 1. The summed E-state index contributed by atoms with van der Waals surface area (Å²) in [7, 11) is 0. The summed E-state index contributed by atoms with van der Waals surface area (Å²) in [6.07, 6.45) is 1.84. The maximum atomic E-state index is 11.6. The van der Waals surface area contributed by atoms with E-state index < -0.39 is 11.6 Å². The third-order valence-electron chi connectivity index (χ3n) is 5.32. The Balaban J connectivity index is 1.78. The molecule has 2 heterocycles. The van der Waals surface area contributed by atoms with E-state index in [1.807, 2.05) is 58.0 Å². The van der Waals surface area contributed by atoms with Crippen molar-refractivity contribution in [2.75, 3.05) is 5.32 Å². The molecule has 1 amide bonds. The summed E-state index contributed by atoms with van der Waals surface area (Å²) in [5, 5.41) is 13.8. The molecule has 1 aromatic carbocycles. The van der Waals surface area contributed by atoms with E-state index in [2.05, 4.69) is 24.1 Å². The predicted octanol–water partition coefficient (Wildman–Crippen LogP) is 6.44. The number of carbonyl (C=O) groups is 1. The standard InChI is InChI=1S/C24H31N5O2S/c1-7-15(2)20-21(32-16(3)26-20)19-12-13-25-22(28-19)27-18-10-8-17(9-11-18)14-29(23(30)31)24(4,5)6/h8-13,15H,7,14H2,1-6H3,(H,30,31)(H,25,27,28). The maximum absolute atomic E-state index is 11.6. The van der Waals surface area contributed by atoms with Crippen molar-refractivity contribution in [1.29, 1.82) is 0 Å². The number of hydrogen-bond donors (Lipinski definition) is 2. The number of nitrogens with one attached hydrogen (secondary N) is 1. The van der Waals surface area contributed by atoms with E-state index in [0.29, 0.717) is 18.4 Å². The highest BCUT2D eigenvalue weighted by Gasteiger charge is 2.26. The molecular formula is C24H31N5O2S. The number of hydrogen-bond acceptors (Lipinski definition) is 6. The van der Waals surface area contributed by atoms with Crippen LogP contribution in [0.3, 0.4) is 0 Å². The molecule has 1 atom stereocenters. The average molecular weight is 454 g/mol. The number of anilines is 2. The number of aromatic nitrogens is 3. The van der Waals surface area contributed by atoms with Crippen LogP contribution in [0.4, 0.5) is 16.4 Å². The number of thiazole rings is 1. The first-order chi connectivity index (χ1) is 15.1. The fraction of sp³-hybridized carbons (Fsp3) is 0.417. The van der Waals surface area contributed by atoms with Gasteiger partial charge < -0.3 is 10.4 Å². The molecule has 0 aliphatic heterocycles. The smallest absolute Gasteiger partial charge is 0.408 e. The molecule has 1 unspecified atom stereocenters. The minimum atomic E-state index is -0.931. The number of benzene rings is 1. The number of amides is 1. The highest BCUT2D eigenvalue weighted by molar-refractivity contribution is 7.15. The molecule has 0 saturated heterocycles. The van der Waals surface area contributed by atoms with Gasteiger partial charge in [-0.2, -0.15) is 0 Å². The van der Waals surface area contributed by atoms with Crippen molar-refractivity contribution in [2.45, 2.75) is 66.0 Å². The number of aryl methyl sites for hydroxylation is 1. The van der Waals surface area contributed by atoms with Crippen LogP contribution in [0.1, 0.15) is 63.2 Å². The van der Waals surface area contributed by atoms with E-state index in [1.165, 1.54) is 4.90 Å². The Morgan fingerprint density at radius 3 is 2.47 bits per heavy atom. The highest BCUT2D eigenvalue weighted by atomic mass is 32.1. The minimum Gasteiger partial charge on any atom is -0.465 e. The second-order valence-corrected chi connectivity index (χ2v) is 10.1. The van der Waals surface area contributed by atoms with E-state index in [1.54, 1.807) is 17.5 Å². The zero-order chi connectivity index (χ0) is 23.5. The van der Waals surface area contributed by atoms with Gasteiger partial charge >= 0.3 is 6.09 Å². The Labute approximate surface area is 193 Å². The van der Waals surface area contributed by atoms with Gasteiger partial charge in [-0.15, -0.1) is 11.3 Å². The summed E-state index contributed by atoms with van der Waals surface area (Å²) in [6.45, 7) is 12.4. The van der Waals surface area contributed by atoms with Gasteiger partial charge in [-0.25, -0.2) is 19.7 Å². The van der Waals surface area contributed by atoms with Crippen molar-refractivity contribution in [3.8, 4) is 10.6 Å². The molecule has 0 saturated carbocycles. The van der Waals surface area contributed by atoms with Crippen molar-refractivity contribution in [3.63, 3.8) is 0 Å². The molecule has 0 spiro atoms. The summed E-state index contributed by atoms with van der Waals surface area (Å²) < 4.78 is 0. The molecule has 0 aliphatic rings. The monoisotopic (exact) mass is 453 g/mol. The molecule has 0 aliphatic carbocycles. The van der Waals surface area contributed by atoms with Gasteiger partial charge in [0.1, 0.15) is 0 Å². The SMILES string of the molecule is CCC(C)c1nc(C)sc1-c1ccnc(Nc2ccc(CN(C(=O)O)C(C)(C)C)cc2)n1. The van der Waals surface area contributed by atoms with Crippen LogP contribution in [-0.2, 0) is 6.54 Å². The van der Waals surface area contributed by atoms with Crippen LogP contribution in [0.5, 0.6) is 0 Å². The largest absolute Gasteiger partial charge is 0.465 e. The van der Waals surface area contributed by atoms with Crippen LogP contribution in [0.15, 0.2) is 36.5 Å². The Morgan fingerprint density at radius 2 is 1.88 bits per heavy atom. The third kappa shape index (κ3) is 5.62. The van der Waals surface area contributed by atoms with Crippen LogP contribution in [0.25, 0.3) is 10.6 Å². The summed E-state index contributed by atoms with van der Waals surface area (Å²) in [6, 6.07) is 9.58. The van der Waals surface area contributed by atoms with Crippen LogP contribution >= 0.6 is 11.3 Å². The van der Waals surface area contributed by atoms with Gasteiger partial charge in [0.25, 0.3) is 0 Å². The quantitative estimate of drug-likeness (QED) is 0.427. The van der Waals surface area contributed by atoms with Crippen molar-refractivity contribution < 1.29 is 9.90 Å². The zero-order valence-electron chi connectivity index (χ0n) is 19.5. The second-order valence-electron chi connectivity index (χ2n) is 8.88. The van der Waals surface area contributed by atoms with Crippen LogP contribution < -0.4 is 5.32 Å².